The summed E-state index contributed by atoms with van der Waals surface area (Å²) in [5, 5.41) is 0. The molecule has 3 aliphatic heterocycles. The molecule has 26 heavy (non-hydrogen) atoms. The third kappa shape index (κ3) is 4.61. The van der Waals surface area contributed by atoms with Crippen LogP contribution in [0.4, 0.5) is 0 Å². The molecule has 4 fully saturated rings. The number of nitrogens with zero attached hydrogens (tertiary/aromatic N) is 3. The van der Waals surface area contributed by atoms with Crippen molar-refractivity contribution >= 4 is 0 Å². The second kappa shape index (κ2) is 9.33. The molecular weight excluding hydrogens is 326 g/mol. The Morgan fingerprint density at radius 2 is 1.65 bits per heavy atom. The van der Waals surface area contributed by atoms with Gasteiger partial charge in [0.25, 0.3) is 0 Å². The van der Waals surface area contributed by atoms with Gasteiger partial charge in [0.2, 0.25) is 0 Å². The summed E-state index contributed by atoms with van der Waals surface area (Å²) in [5.74, 6) is 1.74. The number of methoxy groups -OCH3 is 1. The van der Waals surface area contributed by atoms with Gasteiger partial charge in [-0.05, 0) is 57.7 Å². The van der Waals surface area contributed by atoms with Crippen molar-refractivity contribution < 1.29 is 9.47 Å². The fourth-order valence-electron chi connectivity index (χ4n) is 5.08. The molecule has 0 N–H and O–H groups in total. The minimum absolute atomic E-state index is 0.321. The van der Waals surface area contributed by atoms with Crippen LogP contribution in [-0.4, -0.2) is 99.5 Å². The molecule has 152 valence electrons. The molecule has 1 spiro atoms. The molecule has 5 nitrogen and oxygen atoms in total. The normalized spacial score (nSPS) is 33.2. The molecule has 1 saturated carbocycles. The zero-order valence-corrected chi connectivity index (χ0v) is 17.6. The number of ether oxygens (including phenoxy) is 2. The molecule has 0 aromatic rings. The number of hydrogen-bond acceptors (Lipinski definition) is 5. The Morgan fingerprint density at radius 1 is 0.962 bits per heavy atom. The maximum atomic E-state index is 5.67. The molecule has 5 heteroatoms. The number of piperidine rings is 1. The van der Waals surface area contributed by atoms with E-state index in [4.69, 9.17) is 9.47 Å². The van der Waals surface area contributed by atoms with Crippen LogP contribution in [0.15, 0.2) is 0 Å². The van der Waals surface area contributed by atoms with Gasteiger partial charge in [-0.25, -0.2) is 0 Å². The van der Waals surface area contributed by atoms with Gasteiger partial charge in [-0.3, -0.25) is 9.80 Å². The summed E-state index contributed by atoms with van der Waals surface area (Å²) >= 11 is 0. The van der Waals surface area contributed by atoms with Crippen LogP contribution in [0.5, 0.6) is 0 Å². The van der Waals surface area contributed by atoms with E-state index in [9.17, 15) is 0 Å². The minimum atomic E-state index is 0.321. The molecule has 0 atom stereocenters. The minimum Gasteiger partial charge on any atom is -0.381 e. The lowest BCUT2D eigenvalue weighted by Gasteiger charge is -2.57. The van der Waals surface area contributed by atoms with Gasteiger partial charge in [0.1, 0.15) is 0 Å². The quantitative estimate of drug-likeness (QED) is 0.743. The van der Waals surface area contributed by atoms with Crippen molar-refractivity contribution in [1.82, 2.24) is 14.7 Å². The lowest BCUT2D eigenvalue weighted by molar-refractivity contribution is -0.179. The van der Waals surface area contributed by atoms with Gasteiger partial charge in [-0.1, -0.05) is 13.8 Å². The molecular formula is C21H41N3O2. The maximum Gasteiger partial charge on any atom is 0.0807 e. The Balaban J connectivity index is 0.000000948. The summed E-state index contributed by atoms with van der Waals surface area (Å²) in [4.78, 5) is 7.98. The maximum absolute atomic E-state index is 5.67. The van der Waals surface area contributed by atoms with E-state index in [0.717, 1.165) is 25.0 Å². The Hall–Kier alpha value is -0.200. The summed E-state index contributed by atoms with van der Waals surface area (Å²) in [7, 11) is 4.11. The van der Waals surface area contributed by atoms with Gasteiger partial charge in [-0.15, -0.1) is 0 Å². The van der Waals surface area contributed by atoms with Crippen LogP contribution in [0, 0.1) is 11.8 Å². The Kier molecular flexibility index (Phi) is 7.37. The van der Waals surface area contributed by atoms with E-state index in [1.165, 1.54) is 71.5 Å². The lowest BCUT2D eigenvalue weighted by atomic mass is 9.80. The first-order chi connectivity index (χ1) is 12.7. The number of rotatable bonds is 5. The van der Waals surface area contributed by atoms with Crippen molar-refractivity contribution in [3.05, 3.63) is 0 Å². The molecule has 4 aliphatic rings. The first-order valence-corrected chi connectivity index (χ1v) is 10.9. The van der Waals surface area contributed by atoms with E-state index < -0.39 is 0 Å². The SMILES string of the molecule is CC.COC1CC(CN2CCN(CC3CCN(C)CC3)CC23COC3)C1. The molecule has 4 rings (SSSR count). The van der Waals surface area contributed by atoms with Gasteiger partial charge in [-0.2, -0.15) is 0 Å². The van der Waals surface area contributed by atoms with Crippen LogP contribution >= 0.6 is 0 Å². The van der Waals surface area contributed by atoms with Crippen LogP contribution in [-0.2, 0) is 9.47 Å². The van der Waals surface area contributed by atoms with Crippen molar-refractivity contribution in [2.45, 2.75) is 51.2 Å². The van der Waals surface area contributed by atoms with Gasteiger partial charge < -0.3 is 14.4 Å². The van der Waals surface area contributed by atoms with Crippen LogP contribution in [0.1, 0.15) is 39.5 Å². The molecule has 0 unspecified atom stereocenters. The standard InChI is InChI=1S/C19H35N3O2.C2H6/c1-20-5-3-16(4-6-20)11-21-7-8-22(19(13-21)14-24-15-19)12-17-9-18(10-17)23-2;1-2/h16-18H,3-15H2,1-2H3;1-2H3. The van der Waals surface area contributed by atoms with E-state index in [1.807, 2.05) is 21.0 Å². The number of piperazine rings is 1. The largest absolute Gasteiger partial charge is 0.381 e. The van der Waals surface area contributed by atoms with Crippen LogP contribution in [0.25, 0.3) is 0 Å². The molecule has 0 radical (unpaired) electrons. The van der Waals surface area contributed by atoms with Gasteiger partial charge in [0, 0.05) is 39.8 Å². The zero-order chi connectivity index (χ0) is 18.6. The van der Waals surface area contributed by atoms with E-state index in [1.54, 1.807) is 0 Å². The highest BCUT2D eigenvalue weighted by atomic mass is 16.5. The van der Waals surface area contributed by atoms with E-state index >= 15 is 0 Å². The second-order valence-corrected chi connectivity index (χ2v) is 8.84. The average molecular weight is 368 g/mol. The highest BCUT2D eigenvalue weighted by molar-refractivity contribution is 5.03. The van der Waals surface area contributed by atoms with Crippen molar-refractivity contribution in [3.63, 3.8) is 0 Å². The van der Waals surface area contributed by atoms with Crippen molar-refractivity contribution in [1.29, 1.82) is 0 Å². The van der Waals surface area contributed by atoms with Crippen molar-refractivity contribution in [3.8, 4) is 0 Å². The molecule has 3 saturated heterocycles. The third-order valence-electron chi connectivity index (χ3n) is 6.98. The molecule has 0 aromatic heterocycles. The van der Waals surface area contributed by atoms with Crippen molar-refractivity contribution in [2.75, 3.05) is 73.2 Å². The number of hydrogen-bond donors (Lipinski definition) is 0. The molecule has 3 heterocycles. The predicted octanol–water partition coefficient (Wildman–Crippen LogP) is 2.17. The topological polar surface area (TPSA) is 28.2 Å². The summed E-state index contributed by atoms with van der Waals surface area (Å²) in [6, 6.07) is 0. The van der Waals surface area contributed by atoms with Crippen LogP contribution in [0.2, 0.25) is 0 Å². The van der Waals surface area contributed by atoms with Crippen LogP contribution in [0.3, 0.4) is 0 Å². The monoisotopic (exact) mass is 367 g/mol. The van der Waals surface area contributed by atoms with Crippen molar-refractivity contribution in [2.24, 2.45) is 11.8 Å². The summed E-state index contributed by atoms with van der Waals surface area (Å²) in [6.07, 6.45) is 5.78. The fourth-order valence-corrected chi connectivity index (χ4v) is 5.08. The smallest absolute Gasteiger partial charge is 0.0807 e. The van der Waals surface area contributed by atoms with E-state index in [2.05, 4.69) is 21.7 Å². The van der Waals surface area contributed by atoms with E-state index in [-0.39, 0.29) is 0 Å². The zero-order valence-electron chi connectivity index (χ0n) is 17.6. The van der Waals surface area contributed by atoms with Gasteiger partial charge >= 0.3 is 0 Å². The Morgan fingerprint density at radius 3 is 2.23 bits per heavy atom. The fraction of sp³-hybridized carbons (Fsp3) is 1.00. The first-order valence-electron chi connectivity index (χ1n) is 10.9. The van der Waals surface area contributed by atoms with Gasteiger partial charge in [0.15, 0.2) is 0 Å². The van der Waals surface area contributed by atoms with E-state index in [0.29, 0.717) is 11.6 Å². The predicted molar refractivity (Wildman–Crippen MR) is 107 cm³/mol. The molecule has 0 amide bonds. The third-order valence-corrected chi connectivity index (χ3v) is 6.98. The summed E-state index contributed by atoms with van der Waals surface area (Å²) in [5.41, 5.74) is 0.321. The van der Waals surface area contributed by atoms with Crippen LogP contribution < -0.4 is 0 Å². The summed E-state index contributed by atoms with van der Waals surface area (Å²) < 4.78 is 11.1. The summed E-state index contributed by atoms with van der Waals surface area (Å²) in [6.45, 7) is 14.7. The molecule has 0 aromatic carbocycles. The first kappa shape index (κ1) is 20.5. The molecule has 1 aliphatic carbocycles. The van der Waals surface area contributed by atoms with Gasteiger partial charge in [0.05, 0.1) is 24.9 Å². The lowest BCUT2D eigenvalue weighted by Crippen LogP contribution is -2.72. The highest BCUT2D eigenvalue weighted by Gasteiger charge is 2.49. The molecule has 0 bridgehead atoms. The Labute approximate surface area is 161 Å². The highest BCUT2D eigenvalue weighted by Crippen LogP contribution is 2.36. The second-order valence-electron chi connectivity index (χ2n) is 8.84. The average Bonchev–Trinajstić information content (AvgIpc) is 2.61. The number of likely N-dealkylation sites (tertiary alicyclic amines) is 1. The Bertz CT molecular complexity index is 415.